The molecule has 2 aromatic rings. The van der Waals surface area contributed by atoms with Gasteiger partial charge in [0.25, 0.3) is 5.91 Å². The molecule has 0 fully saturated rings. The fourth-order valence-electron chi connectivity index (χ4n) is 2.22. The molecular formula is C18H15NO4. The summed E-state index contributed by atoms with van der Waals surface area (Å²) >= 11 is 0. The van der Waals surface area contributed by atoms with Gasteiger partial charge in [0.2, 0.25) is 0 Å². The van der Waals surface area contributed by atoms with Crippen molar-refractivity contribution in [3.63, 3.8) is 0 Å². The molecule has 0 saturated carbocycles. The minimum absolute atomic E-state index is 0.145. The van der Waals surface area contributed by atoms with Crippen molar-refractivity contribution >= 4 is 17.6 Å². The van der Waals surface area contributed by atoms with Crippen LogP contribution in [0.1, 0.15) is 20.7 Å². The van der Waals surface area contributed by atoms with E-state index in [9.17, 15) is 9.59 Å². The standard InChI is InChI=1S/C18H15NO4/c20-17-14-8-2-4-10-16(14)22-11-5-6-12-23-18(21)13-7-1-3-9-15(13)19-17/h1-10H,11-12H2,(H,19,20)/b6-5+. The summed E-state index contributed by atoms with van der Waals surface area (Å²) in [5.41, 5.74) is 1.12. The molecule has 5 nitrogen and oxygen atoms in total. The predicted octanol–water partition coefficient (Wildman–Crippen LogP) is 3.04. The van der Waals surface area contributed by atoms with Gasteiger partial charge in [0.15, 0.2) is 0 Å². The van der Waals surface area contributed by atoms with Crippen LogP contribution in [0.3, 0.4) is 0 Å². The number of amides is 1. The summed E-state index contributed by atoms with van der Waals surface area (Å²) in [6.45, 7) is 0.431. The Balaban J connectivity index is 2.01. The zero-order chi connectivity index (χ0) is 16.1. The predicted molar refractivity (Wildman–Crippen MR) is 85.8 cm³/mol. The van der Waals surface area contributed by atoms with Gasteiger partial charge in [0, 0.05) is 0 Å². The van der Waals surface area contributed by atoms with Crippen LogP contribution in [0.15, 0.2) is 60.7 Å². The number of hydrogen-bond donors (Lipinski definition) is 1. The van der Waals surface area contributed by atoms with Crippen LogP contribution in [0.5, 0.6) is 5.75 Å². The zero-order valence-corrected chi connectivity index (χ0v) is 12.3. The normalized spacial score (nSPS) is 16.2. The number of fused-ring (bicyclic) bond motifs is 2. The molecule has 3 rings (SSSR count). The zero-order valence-electron chi connectivity index (χ0n) is 12.3. The Morgan fingerprint density at radius 3 is 2.26 bits per heavy atom. The minimum Gasteiger partial charge on any atom is -0.489 e. The number of cyclic esters (lactones) is 1. The van der Waals surface area contributed by atoms with E-state index >= 15 is 0 Å². The Morgan fingerprint density at radius 1 is 0.783 bits per heavy atom. The molecule has 1 aliphatic rings. The quantitative estimate of drug-likeness (QED) is 0.600. The molecule has 2 aromatic carbocycles. The molecule has 1 N–H and O–H groups in total. The monoisotopic (exact) mass is 309 g/mol. The summed E-state index contributed by atoms with van der Waals surface area (Å²) in [4.78, 5) is 24.6. The van der Waals surface area contributed by atoms with Crippen LogP contribution in [0, 0.1) is 0 Å². The summed E-state index contributed by atoms with van der Waals surface area (Å²) in [7, 11) is 0. The van der Waals surface area contributed by atoms with E-state index in [0.717, 1.165) is 0 Å². The summed E-state index contributed by atoms with van der Waals surface area (Å²) in [5.74, 6) is -0.346. The number of esters is 1. The van der Waals surface area contributed by atoms with Crippen LogP contribution in [0.2, 0.25) is 0 Å². The van der Waals surface area contributed by atoms with Gasteiger partial charge in [-0.05, 0) is 36.4 Å². The lowest BCUT2D eigenvalue weighted by molar-refractivity contribution is 0.0550. The highest BCUT2D eigenvalue weighted by Gasteiger charge is 2.17. The van der Waals surface area contributed by atoms with E-state index in [2.05, 4.69) is 5.32 Å². The molecule has 0 radical (unpaired) electrons. The van der Waals surface area contributed by atoms with Gasteiger partial charge in [-0.3, -0.25) is 4.79 Å². The van der Waals surface area contributed by atoms with E-state index in [1.54, 1.807) is 60.7 Å². The molecule has 0 aromatic heterocycles. The lowest BCUT2D eigenvalue weighted by Gasteiger charge is -2.12. The van der Waals surface area contributed by atoms with Gasteiger partial charge in [-0.1, -0.05) is 24.3 Å². The van der Waals surface area contributed by atoms with E-state index in [0.29, 0.717) is 22.6 Å². The van der Waals surface area contributed by atoms with Crippen molar-refractivity contribution in [2.24, 2.45) is 0 Å². The number of carbonyl (C=O) groups is 2. The van der Waals surface area contributed by atoms with E-state index in [1.165, 1.54) is 0 Å². The molecule has 5 heteroatoms. The summed E-state index contributed by atoms with van der Waals surface area (Å²) in [5, 5.41) is 2.75. The molecule has 0 bridgehead atoms. The van der Waals surface area contributed by atoms with Crippen molar-refractivity contribution < 1.29 is 19.1 Å². The first-order chi connectivity index (χ1) is 11.3. The second-order valence-electron chi connectivity index (χ2n) is 4.88. The topological polar surface area (TPSA) is 64.6 Å². The average Bonchev–Trinajstić information content (AvgIpc) is 2.58. The van der Waals surface area contributed by atoms with Gasteiger partial charge in [0.1, 0.15) is 19.0 Å². The van der Waals surface area contributed by atoms with Gasteiger partial charge in [0.05, 0.1) is 16.8 Å². The SMILES string of the molecule is O=C1OC/C=C/COc2ccccc2C(=O)Nc2ccccc21. The highest BCUT2D eigenvalue weighted by molar-refractivity contribution is 6.09. The van der Waals surface area contributed by atoms with Crippen LogP contribution in [-0.4, -0.2) is 25.1 Å². The maximum atomic E-state index is 12.5. The Bertz CT molecular complexity index is 767. The number of hydrogen-bond acceptors (Lipinski definition) is 4. The fraction of sp³-hybridized carbons (Fsp3) is 0.111. The number of benzene rings is 2. The van der Waals surface area contributed by atoms with Gasteiger partial charge in [-0.15, -0.1) is 0 Å². The Kier molecular flexibility index (Phi) is 4.38. The van der Waals surface area contributed by atoms with E-state index in [1.807, 2.05) is 0 Å². The van der Waals surface area contributed by atoms with Crippen LogP contribution in [0.4, 0.5) is 5.69 Å². The first-order valence-electron chi connectivity index (χ1n) is 7.20. The van der Waals surface area contributed by atoms with Crippen LogP contribution in [-0.2, 0) is 4.74 Å². The van der Waals surface area contributed by atoms with Crippen molar-refractivity contribution in [3.05, 3.63) is 71.8 Å². The van der Waals surface area contributed by atoms with E-state index in [-0.39, 0.29) is 19.1 Å². The summed E-state index contributed by atoms with van der Waals surface area (Å²) < 4.78 is 10.8. The lowest BCUT2D eigenvalue weighted by atomic mass is 10.1. The largest absolute Gasteiger partial charge is 0.489 e. The molecule has 23 heavy (non-hydrogen) atoms. The third-order valence-corrected chi connectivity index (χ3v) is 3.34. The van der Waals surface area contributed by atoms with E-state index in [4.69, 9.17) is 9.47 Å². The molecule has 1 heterocycles. The summed E-state index contributed by atoms with van der Waals surface area (Å²) in [6, 6.07) is 13.7. The highest BCUT2D eigenvalue weighted by atomic mass is 16.5. The minimum atomic E-state index is -0.487. The molecule has 1 amide bonds. The van der Waals surface area contributed by atoms with Crippen molar-refractivity contribution in [2.75, 3.05) is 18.5 Å². The molecule has 0 unspecified atom stereocenters. The molecule has 1 aliphatic heterocycles. The second kappa shape index (κ2) is 6.79. The van der Waals surface area contributed by atoms with Gasteiger partial charge >= 0.3 is 5.97 Å². The maximum Gasteiger partial charge on any atom is 0.340 e. The number of para-hydroxylation sites is 2. The maximum absolute atomic E-state index is 12.5. The van der Waals surface area contributed by atoms with Gasteiger partial charge in [-0.2, -0.15) is 0 Å². The van der Waals surface area contributed by atoms with Crippen molar-refractivity contribution in [2.45, 2.75) is 0 Å². The molecule has 0 aliphatic carbocycles. The van der Waals surface area contributed by atoms with Crippen molar-refractivity contribution in [1.82, 2.24) is 0 Å². The fourth-order valence-corrected chi connectivity index (χ4v) is 2.22. The number of carbonyl (C=O) groups excluding carboxylic acids is 2. The molecular weight excluding hydrogens is 294 g/mol. The van der Waals surface area contributed by atoms with Crippen molar-refractivity contribution in [3.8, 4) is 5.75 Å². The molecule has 116 valence electrons. The molecule has 0 saturated heterocycles. The Labute approximate surface area is 133 Å². The number of anilines is 1. The van der Waals surface area contributed by atoms with Crippen LogP contribution < -0.4 is 10.1 Å². The van der Waals surface area contributed by atoms with Gasteiger partial charge in [-0.25, -0.2) is 4.79 Å². The van der Waals surface area contributed by atoms with Gasteiger partial charge < -0.3 is 14.8 Å². The van der Waals surface area contributed by atoms with Crippen LogP contribution in [0.25, 0.3) is 0 Å². The molecule has 0 atom stereocenters. The van der Waals surface area contributed by atoms with E-state index < -0.39 is 5.97 Å². The first kappa shape index (κ1) is 14.8. The number of rotatable bonds is 0. The molecule has 0 spiro atoms. The van der Waals surface area contributed by atoms with Crippen LogP contribution >= 0.6 is 0 Å². The van der Waals surface area contributed by atoms with Crippen molar-refractivity contribution in [1.29, 1.82) is 0 Å². The Morgan fingerprint density at radius 2 is 1.43 bits per heavy atom. The average molecular weight is 309 g/mol. The highest BCUT2D eigenvalue weighted by Crippen LogP contribution is 2.22. The first-order valence-corrected chi connectivity index (χ1v) is 7.20. The third-order valence-electron chi connectivity index (χ3n) is 3.34. The summed E-state index contributed by atoms with van der Waals surface area (Å²) in [6.07, 6.45) is 3.45. The smallest absolute Gasteiger partial charge is 0.340 e. The Hall–Kier alpha value is -3.08. The lowest BCUT2D eigenvalue weighted by Crippen LogP contribution is -2.16. The third kappa shape index (κ3) is 3.40. The second-order valence-corrected chi connectivity index (χ2v) is 4.88. The number of nitrogens with one attached hydrogen (secondary N) is 1. The number of ether oxygens (including phenoxy) is 2.